The van der Waals surface area contributed by atoms with E-state index in [1.807, 2.05) is 6.20 Å². The Labute approximate surface area is 114 Å². The Morgan fingerprint density at radius 2 is 2.00 bits per heavy atom. The average molecular weight is 255 g/mol. The van der Waals surface area contributed by atoms with Crippen LogP contribution in [0.3, 0.4) is 0 Å². The normalized spacial score (nSPS) is 17.2. The van der Waals surface area contributed by atoms with Gasteiger partial charge >= 0.3 is 0 Å². The van der Waals surface area contributed by atoms with Crippen molar-refractivity contribution < 1.29 is 0 Å². The van der Waals surface area contributed by atoms with Crippen molar-refractivity contribution in [1.29, 1.82) is 0 Å². The summed E-state index contributed by atoms with van der Waals surface area (Å²) in [6, 6.07) is 8.67. The minimum Gasteiger partial charge on any atom is -0.342 e. The van der Waals surface area contributed by atoms with Gasteiger partial charge in [-0.3, -0.25) is 0 Å². The first-order valence-electron chi connectivity index (χ1n) is 7.12. The summed E-state index contributed by atoms with van der Waals surface area (Å²) in [7, 11) is 0. The van der Waals surface area contributed by atoms with Crippen LogP contribution in [0, 0.1) is 0 Å². The maximum atomic E-state index is 5.93. The molecule has 19 heavy (non-hydrogen) atoms. The van der Waals surface area contributed by atoms with E-state index in [0.717, 1.165) is 30.8 Å². The van der Waals surface area contributed by atoms with E-state index in [0.29, 0.717) is 6.54 Å². The smallest absolute Gasteiger partial charge is 0.114 e. The SMILES string of the molecule is CCc1ccc(-c2cnc(C3(CN)CCC3)[nH]2)cc1. The van der Waals surface area contributed by atoms with Gasteiger partial charge < -0.3 is 10.7 Å². The predicted molar refractivity (Wildman–Crippen MR) is 78.0 cm³/mol. The highest BCUT2D eigenvalue weighted by Gasteiger charge is 2.39. The lowest BCUT2D eigenvalue weighted by Crippen LogP contribution is -2.42. The summed E-state index contributed by atoms with van der Waals surface area (Å²) < 4.78 is 0. The standard InChI is InChI=1S/C16H21N3/c1-2-12-4-6-13(7-5-12)14-10-18-15(19-14)16(11-17)8-3-9-16/h4-7,10H,2-3,8-9,11,17H2,1H3,(H,18,19). The van der Waals surface area contributed by atoms with E-state index in [-0.39, 0.29) is 5.41 Å². The number of imidazole rings is 1. The lowest BCUT2D eigenvalue weighted by molar-refractivity contribution is 0.240. The van der Waals surface area contributed by atoms with Gasteiger partial charge in [-0.05, 0) is 30.4 Å². The first-order valence-corrected chi connectivity index (χ1v) is 7.12. The van der Waals surface area contributed by atoms with Gasteiger partial charge in [0, 0.05) is 12.0 Å². The minimum atomic E-state index is 0.113. The second-order valence-corrected chi connectivity index (χ2v) is 5.53. The number of rotatable bonds is 4. The first kappa shape index (κ1) is 12.4. The highest BCUT2D eigenvalue weighted by atomic mass is 15.0. The van der Waals surface area contributed by atoms with Gasteiger partial charge in [0.25, 0.3) is 0 Å². The van der Waals surface area contributed by atoms with Crippen LogP contribution in [0.25, 0.3) is 11.3 Å². The van der Waals surface area contributed by atoms with Crippen molar-refractivity contribution in [1.82, 2.24) is 9.97 Å². The Morgan fingerprint density at radius 3 is 2.53 bits per heavy atom. The molecule has 3 heteroatoms. The van der Waals surface area contributed by atoms with Crippen LogP contribution >= 0.6 is 0 Å². The summed E-state index contributed by atoms with van der Waals surface area (Å²) in [6.45, 7) is 2.86. The number of hydrogen-bond acceptors (Lipinski definition) is 2. The van der Waals surface area contributed by atoms with Crippen molar-refractivity contribution >= 4 is 0 Å². The predicted octanol–water partition coefficient (Wildman–Crippen LogP) is 3.02. The highest BCUT2D eigenvalue weighted by molar-refractivity contribution is 5.59. The summed E-state index contributed by atoms with van der Waals surface area (Å²) in [5, 5.41) is 0. The second kappa shape index (κ2) is 4.82. The van der Waals surface area contributed by atoms with Crippen LogP contribution in [-0.4, -0.2) is 16.5 Å². The van der Waals surface area contributed by atoms with E-state index < -0.39 is 0 Å². The zero-order valence-electron chi connectivity index (χ0n) is 11.4. The van der Waals surface area contributed by atoms with Gasteiger partial charge in [-0.2, -0.15) is 0 Å². The molecule has 0 saturated heterocycles. The molecular formula is C16H21N3. The summed E-state index contributed by atoms with van der Waals surface area (Å²) in [4.78, 5) is 8.03. The van der Waals surface area contributed by atoms with E-state index in [1.54, 1.807) is 0 Å². The Balaban J connectivity index is 1.88. The highest BCUT2D eigenvalue weighted by Crippen LogP contribution is 2.41. The van der Waals surface area contributed by atoms with E-state index in [2.05, 4.69) is 41.2 Å². The molecule has 0 spiro atoms. The molecule has 3 rings (SSSR count). The summed E-state index contributed by atoms with van der Waals surface area (Å²) in [6.07, 6.45) is 6.59. The van der Waals surface area contributed by atoms with Crippen LogP contribution < -0.4 is 5.73 Å². The summed E-state index contributed by atoms with van der Waals surface area (Å²) in [5.41, 5.74) is 9.69. The number of aromatic amines is 1. The van der Waals surface area contributed by atoms with Crippen molar-refractivity contribution in [3.05, 3.63) is 41.9 Å². The lowest BCUT2D eigenvalue weighted by Gasteiger charge is -2.39. The Hall–Kier alpha value is -1.61. The fourth-order valence-corrected chi connectivity index (χ4v) is 2.80. The van der Waals surface area contributed by atoms with Gasteiger partial charge in [-0.25, -0.2) is 4.98 Å². The summed E-state index contributed by atoms with van der Waals surface area (Å²) >= 11 is 0. The van der Waals surface area contributed by atoms with Crippen LogP contribution in [0.4, 0.5) is 0 Å². The number of nitrogens with zero attached hydrogens (tertiary/aromatic N) is 1. The third kappa shape index (κ3) is 2.08. The molecule has 3 nitrogen and oxygen atoms in total. The average Bonchev–Trinajstić information content (AvgIpc) is 2.88. The van der Waals surface area contributed by atoms with Crippen molar-refractivity contribution in [2.45, 2.75) is 38.0 Å². The van der Waals surface area contributed by atoms with Crippen molar-refractivity contribution in [3.63, 3.8) is 0 Å². The van der Waals surface area contributed by atoms with E-state index >= 15 is 0 Å². The molecule has 0 radical (unpaired) electrons. The van der Waals surface area contributed by atoms with Crippen LogP contribution in [0.1, 0.15) is 37.6 Å². The molecule has 0 atom stereocenters. The number of aromatic nitrogens is 2. The molecule has 0 amide bonds. The summed E-state index contributed by atoms with van der Waals surface area (Å²) in [5.74, 6) is 1.07. The van der Waals surface area contributed by atoms with Crippen LogP contribution in [0.5, 0.6) is 0 Å². The third-order valence-corrected chi connectivity index (χ3v) is 4.45. The van der Waals surface area contributed by atoms with Crippen LogP contribution in [0.15, 0.2) is 30.5 Å². The fraction of sp³-hybridized carbons (Fsp3) is 0.438. The molecule has 3 N–H and O–H groups in total. The zero-order chi connectivity index (χ0) is 13.3. The van der Waals surface area contributed by atoms with Gasteiger partial charge in [-0.1, -0.05) is 37.6 Å². The maximum absolute atomic E-state index is 5.93. The van der Waals surface area contributed by atoms with Crippen LogP contribution in [0.2, 0.25) is 0 Å². The fourth-order valence-electron chi connectivity index (χ4n) is 2.80. The molecule has 0 bridgehead atoms. The van der Waals surface area contributed by atoms with Crippen molar-refractivity contribution in [3.8, 4) is 11.3 Å². The van der Waals surface area contributed by atoms with Gasteiger partial charge in [0.1, 0.15) is 5.82 Å². The van der Waals surface area contributed by atoms with E-state index in [1.165, 1.54) is 17.5 Å². The number of benzene rings is 1. The van der Waals surface area contributed by atoms with Gasteiger partial charge in [0.2, 0.25) is 0 Å². The third-order valence-electron chi connectivity index (χ3n) is 4.45. The molecule has 0 aliphatic heterocycles. The number of aryl methyl sites for hydroxylation is 1. The molecule has 1 aromatic heterocycles. The molecule has 2 aromatic rings. The second-order valence-electron chi connectivity index (χ2n) is 5.53. The molecule has 0 unspecified atom stereocenters. The molecule has 1 aliphatic carbocycles. The molecule has 1 aliphatic rings. The molecule has 1 fully saturated rings. The number of nitrogens with two attached hydrogens (primary N) is 1. The monoisotopic (exact) mass is 255 g/mol. The Bertz CT molecular complexity index is 544. The van der Waals surface area contributed by atoms with E-state index in [4.69, 9.17) is 5.73 Å². The number of nitrogens with one attached hydrogen (secondary N) is 1. The minimum absolute atomic E-state index is 0.113. The van der Waals surface area contributed by atoms with Crippen LogP contribution in [-0.2, 0) is 11.8 Å². The number of hydrogen-bond donors (Lipinski definition) is 2. The topological polar surface area (TPSA) is 54.7 Å². The molecule has 1 aromatic carbocycles. The Kier molecular flexibility index (Phi) is 3.15. The van der Waals surface area contributed by atoms with Crippen molar-refractivity contribution in [2.24, 2.45) is 5.73 Å². The zero-order valence-corrected chi connectivity index (χ0v) is 11.4. The lowest BCUT2D eigenvalue weighted by atomic mass is 9.68. The molecule has 100 valence electrons. The first-order chi connectivity index (χ1) is 9.27. The number of H-pyrrole nitrogens is 1. The molecule has 1 saturated carbocycles. The van der Waals surface area contributed by atoms with E-state index in [9.17, 15) is 0 Å². The Morgan fingerprint density at radius 1 is 1.26 bits per heavy atom. The molecule has 1 heterocycles. The van der Waals surface area contributed by atoms with Crippen molar-refractivity contribution in [2.75, 3.05) is 6.54 Å². The molecular weight excluding hydrogens is 234 g/mol. The van der Waals surface area contributed by atoms with Gasteiger partial charge in [0.05, 0.1) is 11.9 Å². The quantitative estimate of drug-likeness (QED) is 0.882. The van der Waals surface area contributed by atoms with Gasteiger partial charge in [0.15, 0.2) is 0 Å². The largest absolute Gasteiger partial charge is 0.342 e. The van der Waals surface area contributed by atoms with Gasteiger partial charge in [-0.15, -0.1) is 0 Å². The maximum Gasteiger partial charge on any atom is 0.114 e.